The molecule has 0 aliphatic carbocycles. The van der Waals surface area contributed by atoms with E-state index in [2.05, 4.69) is 15.3 Å². The smallest absolute Gasteiger partial charge is 0.312 e. The maximum Gasteiger partial charge on any atom is 0.368 e. The first-order chi connectivity index (χ1) is 9.13. The molecule has 0 atom stereocenters. The van der Waals surface area contributed by atoms with E-state index in [9.17, 15) is 4.79 Å². The summed E-state index contributed by atoms with van der Waals surface area (Å²) in [7, 11) is 1.54. The number of hydrogen-bond donors (Lipinski definition) is 0. The molecular weight excluding hydrogens is 268 g/mol. The molecule has 1 aromatic heterocycles. The highest BCUT2D eigenvalue weighted by molar-refractivity contribution is 6.34. The summed E-state index contributed by atoms with van der Waals surface area (Å²) < 4.78 is 0. The highest BCUT2D eigenvalue weighted by atomic mass is 35.5. The average molecular weight is 279 g/mol. The predicted octanol–water partition coefficient (Wildman–Crippen LogP) is 1.60. The van der Waals surface area contributed by atoms with Gasteiger partial charge in [-0.15, -0.1) is 5.10 Å². The number of benzene rings is 1. The summed E-state index contributed by atoms with van der Waals surface area (Å²) in [6, 6.07) is 7.13. The van der Waals surface area contributed by atoms with Gasteiger partial charge in [0.1, 0.15) is 11.0 Å². The second kappa shape index (κ2) is 5.62. The minimum absolute atomic E-state index is 0.170. The van der Waals surface area contributed by atoms with Gasteiger partial charge in [0, 0.05) is 18.3 Å². The minimum Gasteiger partial charge on any atom is -0.312 e. The van der Waals surface area contributed by atoms with Crippen LogP contribution in [0.25, 0.3) is 11.0 Å². The molecule has 19 heavy (non-hydrogen) atoms. The zero-order valence-corrected chi connectivity index (χ0v) is 11.1. The third-order valence-corrected chi connectivity index (χ3v) is 2.54. The van der Waals surface area contributed by atoms with Crippen molar-refractivity contribution in [1.29, 1.82) is 0 Å². The Hall–Kier alpha value is -2.21. The Kier molecular flexibility index (Phi) is 3.91. The second-order valence-electron chi connectivity index (χ2n) is 3.66. The molecule has 0 aliphatic rings. The van der Waals surface area contributed by atoms with Crippen LogP contribution in [0.5, 0.6) is 0 Å². The zero-order chi connectivity index (χ0) is 13.8. The van der Waals surface area contributed by atoms with Crippen LogP contribution in [0.1, 0.15) is 6.92 Å². The summed E-state index contributed by atoms with van der Waals surface area (Å²) >= 11 is 5.82. The summed E-state index contributed by atoms with van der Waals surface area (Å²) in [4.78, 5) is 21.9. The lowest BCUT2D eigenvalue weighted by Gasteiger charge is -2.04. The highest BCUT2D eigenvalue weighted by Crippen LogP contribution is 2.11. The van der Waals surface area contributed by atoms with Gasteiger partial charge in [-0.2, -0.15) is 0 Å². The molecule has 1 aromatic carbocycles. The van der Waals surface area contributed by atoms with E-state index in [0.717, 1.165) is 4.85 Å². The van der Waals surface area contributed by atoms with Crippen LogP contribution in [0, 0.1) is 0 Å². The van der Waals surface area contributed by atoms with Crippen molar-refractivity contribution in [3.63, 3.8) is 0 Å². The standard InChI is InChI=1S/C12H11ClN4O2/c1-8(13)9(7-14-2)12(18)19-17-11-6-4-3-5-10(11)15-16-17/h3-7H,1-2H3/b9-8-,14-7?. The van der Waals surface area contributed by atoms with Crippen LogP contribution in [-0.4, -0.2) is 34.4 Å². The largest absolute Gasteiger partial charge is 0.368 e. The molecule has 0 amide bonds. The Balaban J connectivity index is 2.31. The van der Waals surface area contributed by atoms with Gasteiger partial charge in [-0.3, -0.25) is 4.99 Å². The fourth-order valence-electron chi connectivity index (χ4n) is 1.45. The molecule has 0 fully saturated rings. The Morgan fingerprint density at radius 1 is 1.47 bits per heavy atom. The van der Waals surface area contributed by atoms with Gasteiger partial charge in [-0.1, -0.05) is 28.6 Å². The van der Waals surface area contributed by atoms with Crippen molar-refractivity contribution in [3.8, 4) is 0 Å². The fourth-order valence-corrected chi connectivity index (χ4v) is 1.58. The number of hydrogen-bond acceptors (Lipinski definition) is 5. The Morgan fingerprint density at radius 2 is 2.21 bits per heavy atom. The van der Waals surface area contributed by atoms with Crippen molar-refractivity contribution in [1.82, 2.24) is 15.2 Å². The molecule has 0 saturated carbocycles. The number of carbonyl (C=O) groups excluding carboxylic acids is 1. The molecule has 6 nitrogen and oxygen atoms in total. The molecule has 0 spiro atoms. The van der Waals surface area contributed by atoms with E-state index >= 15 is 0 Å². The molecular formula is C12H11ClN4O2. The summed E-state index contributed by atoms with van der Waals surface area (Å²) in [6.45, 7) is 1.58. The molecule has 2 rings (SSSR count). The summed E-state index contributed by atoms with van der Waals surface area (Å²) in [5.41, 5.74) is 1.40. The van der Waals surface area contributed by atoms with Crippen molar-refractivity contribution in [2.24, 2.45) is 4.99 Å². The SMILES string of the molecule is CN=C/C(C(=O)On1nnc2ccccc21)=C(\C)Cl. The van der Waals surface area contributed by atoms with E-state index in [-0.39, 0.29) is 5.57 Å². The number of rotatable bonds is 3. The number of aliphatic imine (C=N–C) groups is 1. The summed E-state index contributed by atoms with van der Waals surface area (Å²) in [5, 5.41) is 7.92. The number of fused-ring (bicyclic) bond motifs is 1. The molecule has 0 bridgehead atoms. The van der Waals surface area contributed by atoms with E-state index in [0.29, 0.717) is 16.1 Å². The van der Waals surface area contributed by atoms with E-state index < -0.39 is 5.97 Å². The van der Waals surface area contributed by atoms with Crippen LogP contribution in [0.4, 0.5) is 0 Å². The molecule has 0 N–H and O–H groups in total. The molecule has 0 aliphatic heterocycles. The van der Waals surface area contributed by atoms with Crippen molar-refractivity contribution >= 4 is 34.8 Å². The molecule has 0 radical (unpaired) electrons. The Bertz CT molecular complexity index is 671. The molecule has 7 heteroatoms. The van der Waals surface area contributed by atoms with Gasteiger partial charge in [0.25, 0.3) is 0 Å². The first-order valence-corrected chi connectivity index (χ1v) is 5.83. The van der Waals surface area contributed by atoms with Gasteiger partial charge in [-0.05, 0) is 24.3 Å². The normalized spacial score (nSPS) is 12.8. The van der Waals surface area contributed by atoms with Crippen molar-refractivity contribution < 1.29 is 9.63 Å². The van der Waals surface area contributed by atoms with E-state index in [1.54, 1.807) is 25.1 Å². The number of allylic oxidation sites excluding steroid dienone is 1. The highest BCUT2D eigenvalue weighted by Gasteiger charge is 2.15. The molecule has 0 unspecified atom stereocenters. The van der Waals surface area contributed by atoms with Crippen molar-refractivity contribution in [3.05, 3.63) is 34.9 Å². The van der Waals surface area contributed by atoms with Crippen LogP contribution < -0.4 is 4.84 Å². The third-order valence-electron chi connectivity index (χ3n) is 2.34. The van der Waals surface area contributed by atoms with Crippen LogP contribution in [0.3, 0.4) is 0 Å². The van der Waals surface area contributed by atoms with Crippen LogP contribution >= 0.6 is 11.6 Å². The lowest BCUT2D eigenvalue weighted by Crippen LogP contribution is -2.23. The Morgan fingerprint density at radius 3 is 2.89 bits per heavy atom. The first kappa shape index (κ1) is 13.2. The van der Waals surface area contributed by atoms with Crippen LogP contribution in [0.2, 0.25) is 0 Å². The molecule has 2 aromatic rings. The monoisotopic (exact) mass is 278 g/mol. The van der Waals surface area contributed by atoms with Gasteiger partial charge in [-0.25, -0.2) is 4.79 Å². The lowest BCUT2D eigenvalue weighted by atomic mass is 10.3. The number of para-hydroxylation sites is 1. The summed E-state index contributed by atoms with van der Waals surface area (Å²) in [6.07, 6.45) is 1.34. The number of nitrogens with zero attached hydrogens (tertiary/aromatic N) is 4. The first-order valence-electron chi connectivity index (χ1n) is 5.45. The predicted molar refractivity (Wildman–Crippen MR) is 72.1 cm³/mol. The molecule has 0 saturated heterocycles. The van der Waals surface area contributed by atoms with Gasteiger partial charge < -0.3 is 4.84 Å². The van der Waals surface area contributed by atoms with Crippen LogP contribution in [0.15, 0.2) is 39.9 Å². The fraction of sp³-hybridized carbons (Fsp3) is 0.167. The maximum atomic E-state index is 11.9. The van der Waals surface area contributed by atoms with Gasteiger partial charge in [0.2, 0.25) is 0 Å². The van der Waals surface area contributed by atoms with Crippen molar-refractivity contribution in [2.75, 3.05) is 7.05 Å². The quantitative estimate of drug-likeness (QED) is 0.486. The van der Waals surface area contributed by atoms with E-state index in [1.807, 2.05) is 6.07 Å². The van der Waals surface area contributed by atoms with Crippen LogP contribution in [-0.2, 0) is 4.79 Å². The second-order valence-corrected chi connectivity index (χ2v) is 4.23. The van der Waals surface area contributed by atoms with Gasteiger partial charge in [0.05, 0.1) is 5.57 Å². The number of halogens is 1. The van der Waals surface area contributed by atoms with Crippen molar-refractivity contribution in [2.45, 2.75) is 6.92 Å². The minimum atomic E-state index is -0.645. The third kappa shape index (κ3) is 2.79. The lowest BCUT2D eigenvalue weighted by molar-refractivity contribution is -0.140. The van der Waals surface area contributed by atoms with Gasteiger partial charge >= 0.3 is 5.97 Å². The Labute approximate surface area is 114 Å². The average Bonchev–Trinajstić information content (AvgIpc) is 2.79. The maximum absolute atomic E-state index is 11.9. The summed E-state index contributed by atoms with van der Waals surface area (Å²) in [5.74, 6) is -0.645. The molecule has 98 valence electrons. The molecule has 1 heterocycles. The number of carbonyl (C=O) groups is 1. The van der Waals surface area contributed by atoms with E-state index in [4.69, 9.17) is 16.4 Å². The zero-order valence-electron chi connectivity index (χ0n) is 10.4. The number of aromatic nitrogens is 3. The van der Waals surface area contributed by atoms with Gasteiger partial charge in [0.15, 0.2) is 0 Å². The van der Waals surface area contributed by atoms with E-state index in [1.165, 1.54) is 13.3 Å². The topological polar surface area (TPSA) is 69.4 Å².